The number of nitrogens with one attached hydrogen (secondary N) is 1. The van der Waals surface area contributed by atoms with Crippen LogP contribution in [-0.2, 0) is 0 Å². The third-order valence-corrected chi connectivity index (χ3v) is 6.37. The van der Waals surface area contributed by atoms with Crippen LogP contribution >= 0.6 is 12.2 Å². The van der Waals surface area contributed by atoms with E-state index in [0.717, 1.165) is 22.8 Å². The Balaban J connectivity index is 1.64. The lowest BCUT2D eigenvalue weighted by atomic mass is 9.99. The van der Waals surface area contributed by atoms with E-state index in [4.69, 9.17) is 12.2 Å². The van der Waals surface area contributed by atoms with Crippen LogP contribution in [0, 0.1) is 0 Å². The SMILES string of the molecule is CC(C)c1ccc(N2C(=S)N[C@H](c3ccccn3)[C@H]2c2cccn2-c2ccccc2)cc1. The summed E-state index contributed by atoms with van der Waals surface area (Å²) in [6.45, 7) is 4.42. The van der Waals surface area contributed by atoms with E-state index in [1.807, 2.05) is 24.4 Å². The van der Waals surface area contributed by atoms with Gasteiger partial charge in [-0.25, -0.2) is 0 Å². The zero-order valence-electron chi connectivity index (χ0n) is 18.2. The first-order chi connectivity index (χ1) is 15.6. The molecule has 0 bridgehead atoms. The van der Waals surface area contributed by atoms with Gasteiger partial charge in [-0.05, 0) is 72.2 Å². The van der Waals surface area contributed by atoms with Crippen molar-refractivity contribution >= 4 is 23.0 Å². The van der Waals surface area contributed by atoms with E-state index < -0.39 is 0 Å². The first kappa shape index (κ1) is 20.5. The Bertz CT molecular complexity index is 1200. The number of rotatable bonds is 5. The first-order valence-corrected chi connectivity index (χ1v) is 11.4. The molecule has 0 radical (unpaired) electrons. The van der Waals surface area contributed by atoms with Gasteiger partial charge in [0.05, 0.1) is 11.7 Å². The summed E-state index contributed by atoms with van der Waals surface area (Å²) in [5.41, 5.74) is 5.66. The second kappa shape index (κ2) is 8.60. The van der Waals surface area contributed by atoms with Crippen molar-refractivity contribution in [2.75, 3.05) is 4.90 Å². The maximum absolute atomic E-state index is 5.87. The minimum atomic E-state index is -0.0640. The van der Waals surface area contributed by atoms with E-state index >= 15 is 0 Å². The van der Waals surface area contributed by atoms with Gasteiger partial charge in [0.25, 0.3) is 0 Å². The molecule has 1 N–H and O–H groups in total. The fourth-order valence-electron chi connectivity index (χ4n) is 4.41. The molecule has 0 aliphatic carbocycles. The van der Waals surface area contributed by atoms with E-state index in [1.54, 1.807) is 0 Å². The quantitative estimate of drug-likeness (QED) is 0.378. The largest absolute Gasteiger partial charge is 0.351 e. The molecule has 1 aliphatic heterocycles. The van der Waals surface area contributed by atoms with E-state index in [9.17, 15) is 0 Å². The lowest BCUT2D eigenvalue weighted by Crippen LogP contribution is -2.30. The number of thiocarbonyl (C=S) groups is 1. The highest BCUT2D eigenvalue weighted by molar-refractivity contribution is 7.80. The van der Waals surface area contributed by atoms with Crippen molar-refractivity contribution in [3.63, 3.8) is 0 Å². The van der Waals surface area contributed by atoms with Gasteiger partial charge in [0, 0.05) is 29.5 Å². The van der Waals surface area contributed by atoms with Crippen molar-refractivity contribution in [2.45, 2.75) is 31.8 Å². The van der Waals surface area contributed by atoms with Crippen LogP contribution in [0.3, 0.4) is 0 Å². The fraction of sp³-hybridized carbons (Fsp3) is 0.185. The lowest BCUT2D eigenvalue weighted by Gasteiger charge is -2.29. The number of pyridine rings is 1. The zero-order valence-corrected chi connectivity index (χ0v) is 19.0. The molecule has 3 heterocycles. The smallest absolute Gasteiger partial charge is 0.174 e. The number of benzene rings is 2. The summed E-state index contributed by atoms with van der Waals surface area (Å²) in [5.74, 6) is 0.486. The van der Waals surface area contributed by atoms with Crippen molar-refractivity contribution < 1.29 is 0 Å². The molecule has 2 aromatic heterocycles. The minimum Gasteiger partial charge on any atom is -0.351 e. The summed E-state index contributed by atoms with van der Waals surface area (Å²) >= 11 is 5.87. The summed E-state index contributed by atoms with van der Waals surface area (Å²) in [6.07, 6.45) is 3.95. The van der Waals surface area contributed by atoms with Gasteiger partial charge in [0.15, 0.2) is 5.11 Å². The molecule has 2 aromatic carbocycles. The molecule has 0 saturated carbocycles. The molecule has 5 heteroatoms. The number of para-hydroxylation sites is 1. The maximum Gasteiger partial charge on any atom is 0.174 e. The highest BCUT2D eigenvalue weighted by Crippen LogP contribution is 2.42. The molecule has 4 aromatic rings. The van der Waals surface area contributed by atoms with Gasteiger partial charge in [-0.2, -0.15) is 0 Å². The maximum atomic E-state index is 5.87. The van der Waals surface area contributed by atoms with Crippen molar-refractivity contribution in [3.05, 3.63) is 114 Å². The standard InChI is InChI=1S/C27H26N4S/c1-19(2)20-13-15-22(16-14-20)31-26(25(29-27(31)32)23-11-6-7-17-28-23)24-12-8-18-30(24)21-9-4-3-5-10-21/h3-19,25-26H,1-2H3,(H,29,32)/t25-,26-/m1/s1. The summed E-state index contributed by atoms with van der Waals surface area (Å²) < 4.78 is 2.24. The van der Waals surface area contributed by atoms with Gasteiger partial charge >= 0.3 is 0 Å². The third kappa shape index (κ3) is 3.69. The molecule has 0 unspecified atom stereocenters. The zero-order chi connectivity index (χ0) is 22.1. The van der Waals surface area contributed by atoms with Gasteiger partial charge in [-0.3, -0.25) is 4.98 Å². The number of anilines is 1. The molecule has 4 nitrogen and oxygen atoms in total. The first-order valence-electron chi connectivity index (χ1n) is 11.0. The summed E-state index contributed by atoms with van der Waals surface area (Å²) in [6, 6.07) is 29.4. The molecule has 160 valence electrons. The van der Waals surface area contributed by atoms with Gasteiger partial charge in [0.2, 0.25) is 0 Å². The Morgan fingerprint density at radius 1 is 0.844 bits per heavy atom. The Morgan fingerprint density at radius 3 is 2.28 bits per heavy atom. The summed E-state index contributed by atoms with van der Waals surface area (Å²) in [5, 5.41) is 4.27. The Hall–Kier alpha value is -3.44. The van der Waals surface area contributed by atoms with Crippen LogP contribution in [0.2, 0.25) is 0 Å². The molecular weight excluding hydrogens is 412 g/mol. The van der Waals surface area contributed by atoms with Gasteiger partial charge < -0.3 is 14.8 Å². The Kier molecular flexibility index (Phi) is 5.50. The molecule has 32 heavy (non-hydrogen) atoms. The van der Waals surface area contributed by atoms with E-state index in [-0.39, 0.29) is 12.1 Å². The second-order valence-electron chi connectivity index (χ2n) is 8.38. The Morgan fingerprint density at radius 2 is 1.59 bits per heavy atom. The fourth-order valence-corrected chi connectivity index (χ4v) is 4.76. The van der Waals surface area contributed by atoms with Crippen LogP contribution < -0.4 is 10.2 Å². The van der Waals surface area contributed by atoms with E-state index in [0.29, 0.717) is 11.0 Å². The second-order valence-corrected chi connectivity index (χ2v) is 8.77. The molecule has 5 rings (SSSR count). The average Bonchev–Trinajstić information content (AvgIpc) is 3.44. The highest BCUT2D eigenvalue weighted by Gasteiger charge is 2.42. The molecule has 1 aliphatic rings. The van der Waals surface area contributed by atoms with Crippen LogP contribution in [0.1, 0.15) is 48.8 Å². The van der Waals surface area contributed by atoms with E-state index in [2.05, 4.69) is 107 Å². The highest BCUT2D eigenvalue weighted by atomic mass is 32.1. The lowest BCUT2D eigenvalue weighted by molar-refractivity contribution is 0.549. The van der Waals surface area contributed by atoms with Gasteiger partial charge in [-0.15, -0.1) is 0 Å². The average molecular weight is 439 g/mol. The molecule has 1 saturated heterocycles. The van der Waals surface area contributed by atoms with Crippen LogP contribution in [0.25, 0.3) is 5.69 Å². The summed E-state index contributed by atoms with van der Waals surface area (Å²) in [4.78, 5) is 6.89. The molecule has 1 fully saturated rings. The monoisotopic (exact) mass is 438 g/mol. The molecular formula is C27H26N4S. The normalized spacial score (nSPS) is 18.2. The predicted octanol–water partition coefficient (Wildman–Crippen LogP) is 6.17. The number of nitrogens with zero attached hydrogens (tertiary/aromatic N) is 3. The molecule has 0 spiro atoms. The third-order valence-electron chi connectivity index (χ3n) is 6.05. The number of aromatic nitrogens is 2. The van der Waals surface area contributed by atoms with Crippen molar-refractivity contribution in [1.29, 1.82) is 0 Å². The molecule has 2 atom stereocenters. The number of hydrogen-bond donors (Lipinski definition) is 1. The topological polar surface area (TPSA) is 33.1 Å². The number of hydrogen-bond acceptors (Lipinski definition) is 2. The van der Waals surface area contributed by atoms with Crippen molar-refractivity contribution in [2.24, 2.45) is 0 Å². The van der Waals surface area contributed by atoms with Crippen molar-refractivity contribution in [1.82, 2.24) is 14.9 Å². The Labute approximate surface area is 194 Å². The van der Waals surface area contributed by atoms with Crippen molar-refractivity contribution in [3.8, 4) is 5.69 Å². The predicted molar refractivity (Wildman–Crippen MR) is 134 cm³/mol. The van der Waals surface area contributed by atoms with E-state index in [1.165, 1.54) is 5.56 Å². The summed E-state index contributed by atoms with van der Waals surface area (Å²) in [7, 11) is 0. The van der Waals surface area contributed by atoms with Crippen LogP contribution in [0.5, 0.6) is 0 Å². The van der Waals surface area contributed by atoms with Gasteiger partial charge in [-0.1, -0.05) is 50.2 Å². The van der Waals surface area contributed by atoms with Gasteiger partial charge in [0.1, 0.15) is 6.04 Å². The molecule has 0 amide bonds. The van der Waals surface area contributed by atoms with Crippen LogP contribution in [0.15, 0.2) is 97.3 Å². The van der Waals surface area contributed by atoms with Crippen LogP contribution in [0.4, 0.5) is 5.69 Å². The minimum absolute atomic E-state index is 0.0440. The van der Waals surface area contributed by atoms with Crippen LogP contribution in [-0.4, -0.2) is 14.7 Å².